The molecule has 4 nitrogen and oxygen atoms in total. The Labute approximate surface area is 86.1 Å². The molecule has 0 fully saturated rings. The van der Waals surface area contributed by atoms with E-state index in [-0.39, 0.29) is 4.90 Å². The molecule has 0 amide bonds. The van der Waals surface area contributed by atoms with Crippen LogP contribution in [-0.2, 0) is 9.84 Å². The van der Waals surface area contributed by atoms with Gasteiger partial charge >= 0.3 is 0 Å². The van der Waals surface area contributed by atoms with Crippen molar-refractivity contribution < 1.29 is 12.8 Å². The van der Waals surface area contributed by atoms with E-state index in [1.54, 1.807) is 13.0 Å². The van der Waals surface area contributed by atoms with Crippen molar-refractivity contribution in [1.29, 1.82) is 0 Å². The normalized spacial score (nSPS) is 12.1. The summed E-state index contributed by atoms with van der Waals surface area (Å²) in [6.45, 7) is 1.77. The number of nitrogens with zero attached hydrogens (tertiary/aromatic N) is 1. The van der Waals surface area contributed by atoms with E-state index in [0.717, 1.165) is 0 Å². The second-order valence-electron chi connectivity index (χ2n) is 3.23. The molecule has 0 atom stereocenters. The lowest BCUT2D eigenvalue weighted by molar-refractivity contribution is 0.534. The van der Waals surface area contributed by atoms with E-state index in [0.29, 0.717) is 16.9 Å². The average Bonchev–Trinajstić information content (AvgIpc) is 2.56. The molecule has 0 aliphatic rings. The fourth-order valence-electron chi connectivity index (χ4n) is 1.37. The van der Waals surface area contributed by atoms with E-state index < -0.39 is 15.8 Å². The van der Waals surface area contributed by atoms with E-state index >= 15 is 0 Å². The summed E-state index contributed by atoms with van der Waals surface area (Å²) in [5, 5.41) is 0. The topological polar surface area (TPSA) is 62.8 Å². The Balaban J connectivity index is 2.66. The highest BCUT2D eigenvalue weighted by molar-refractivity contribution is 7.91. The van der Waals surface area contributed by atoms with Gasteiger partial charge in [-0.05, 0) is 25.1 Å². The Morgan fingerprint density at radius 2 is 2.20 bits per heavy atom. The van der Waals surface area contributed by atoms with Gasteiger partial charge in [0.05, 0.1) is 15.9 Å². The highest BCUT2D eigenvalue weighted by atomic mass is 32.2. The summed E-state index contributed by atoms with van der Waals surface area (Å²) < 4.78 is 34.7. The van der Waals surface area contributed by atoms with Crippen LogP contribution in [0.5, 0.6) is 0 Å². The van der Waals surface area contributed by atoms with Crippen LogP contribution in [-0.4, -0.2) is 24.4 Å². The molecule has 0 spiro atoms. The third kappa shape index (κ3) is 1.72. The van der Waals surface area contributed by atoms with Crippen molar-refractivity contribution in [2.45, 2.75) is 11.8 Å². The number of alkyl halides is 1. The van der Waals surface area contributed by atoms with Crippen molar-refractivity contribution in [1.82, 2.24) is 9.97 Å². The van der Waals surface area contributed by atoms with Crippen LogP contribution in [0, 0.1) is 6.92 Å². The second-order valence-corrected chi connectivity index (χ2v) is 5.14. The van der Waals surface area contributed by atoms with Crippen molar-refractivity contribution >= 4 is 20.9 Å². The first-order chi connectivity index (χ1) is 7.03. The highest BCUT2D eigenvalue weighted by Crippen LogP contribution is 2.18. The molecule has 0 radical (unpaired) electrons. The van der Waals surface area contributed by atoms with Crippen molar-refractivity contribution in [2.24, 2.45) is 0 Å². The largest absolute Gasteiger partial charge is 0.342 e. The number of hydrogen-bond donors (Lipinski definition) is 1. The smallest absolute Gasteiger partial charge is 0.207 e. The summed E-state index contributed by atoms with van der Waals surface area (Å²) in [7, 11) is -3.79. The Bertz CT molecular complexity index is 604. The number of nitrogens with one attached hydrogen (secondary N) is 1. The maximum Gasteiger partial charge on any atom is 0.207 e. The first kappa shape index (κ1) is 10.1. The molecule has 0 bridgehead atoms. The van der Waals surface area contributed by atoms with E-state index in [1.807, 2.05) is 0 Å². The minimum Gasteiger partial charge on any atom is -0.342 e. The summed E-state index contributed by atoms with van der Waals surface area (Å²) >= 11 is 0. The fraction of sp³-hybridized carbons (Fsp3) is 0.222. The third-order valence-corrected chi connectivity index (χ3v) is 3.33. The Kier molecular flexibility index (Phi) is 2.22. The lowest BCUT2D eigenvalue weighted by Crippen LogP contribution is -2.02. The van der Waals surface area contributed by atoms with Crippen LogP contribution in [0.3, 0.4) is 0 Å². The number of benzene rings is 1. The maximum atomic E-state index is 12.2. The van der Waals surface area contributed by atoms with Gasteiger partial charge in [-0.15, -0.1) is 0 Å². The van der Waals surface area contributed by atoms with Gasteiger partial charge in [-0.1, -0.05) is 0 Å². The molecule has 0 aliphatic carbocycles. The molecule has 1 aromatic carbocycles. The number of aromatic nitrogens is 2. The summed E-state index contributed by atoms with van der Waals surface area (Å²) in [6.07, 6.45) is 0. The zero-order chi connectivity index (χ0) is 11.1. The second kappa shape index (κ2) is 3.30. The van der Waals surface area contributed by atoms with Crippen LogP contribution in [0.25, 0.3) is 11.0 Å². The lowest BCUT2D eigenvalue weighted by atomic mass is 10.3. The molecule has 0 saturated carbocycles. The zero-order valence-electron chi connectivity index (χ0n) is 7.99. The summed E-state index contributed by atoms with van der Waals surface area (Å²) in [5.41, 5.74) is 1.27. The SMILES string of the molecule is Cc1nc2ccc(S(=O)(=O)CF)cc2[nH]1. The van der Waals surface area contributed by atoms with Crippen LogP contribution in [0.1, 0.15) is 5.82 Å². The van der Waals surface area contributed by atoms with Gasteiger partial charge in [0.25, 0.3) is 0 Å². The number of aromatic amines is 1. The molecule has 0 unspecified atom stereocenters. The van der Waals surface area contributed by atoms with Crippen LogP contribution in [0.15, 0.2) is 23.1 Å². The van der Waals surface area contributed by atoms with Crippen molar-refractivity contribution in [2.75, 3.05) is 6.01 Å². The number of fused-ring (bicyclic) bond motifs is 1. The minimum atomic E-state index is -3.79. The van der Waals surface area contributed by atoms with Crippen molar-refractivity contribution in [3.05, 3.63) is 24.0 Å². The van der Waals surface area contributed by atoms with Crippen LogP contribution in [0.2, 0.25) is 0 Å². The molecule has 15 heavy (non-hydrogen) atoms. The maximum absolute atomic E-state index is 12.2. The molecular formula is C9H9FN2O2S. The molecule has 1 heterocycles. The number of sulfone groups is 1. The number of halogens is 1. The molecule has 80 valence electrons. The third-order valence-electron chi connectivity index (χ3n) is 2.07. The van der Waals surface area contributed by atoms with Gasteiger partial charge in [0.2, 0.25) is 9.84 Å². The number of H-pyrrole nitrogens is 1. The monoisotopic (exact) mass is 228 g/mol. The number of hydrogen-bond acceptors (Lipinski definition) is 3. The number of imidazole rings is 1. The molecule has 0 saturated heterocycles. The van der Waals surface area contributed by atoms with E-state index in [4.69, 9.17) is 0 Å². The van der Waals surface area contributed by atoms with Gasteiger partial charge in [0.1, 0.15) is 5.82 Å². The molecule has 2 rings (SSSR count). The number of rotatable bonds is 2. The van der Waals surface area contributed by atoms with E-state index in [2.05, 4.69) is 9.97 Å². The Morgan fingerprint density at radius 1 is 1.47 bits per heavy atom. The predicted molar refractivity (Wildman–Crippen MR) is 54.0 cm³/mol. The van der Waals surface area contributed by atoms with E-state index in [1.165, 1.54) is 12.1 Å². The van der Waals surface area contributed by atoms with Crippen LogP contribution < -0.4 is 0 Å². The first-order valence-corrected chi connectivity index (χ1v) is 5.93. The van der Waals surface area contributed by atoms with Crippen molar-refractivity contribution in [3.63, 3.8) is 0 Å². The molecule has 6 heteroatoms. The lowest BCUT2D eigenvalue weighted by Gasteiger charge is -1.98. The summed E-state index contributed by atoms with van der Waals surface area (Å²) in [5.74, 6) is 0.694. The standard InChI is InChI=1S/C9H9FN2O2S/c1-6-11-8-3-2-7(4-9(8)12-6)15(13,14)5-10/h2-4H,5H2,1H3,(H,11,12). The van der Waals surface area contributed by atoms with Gasteiger partial charge in [0, 0.05) is 0 Å². The van der Waals surface area contributed by atoms with E-state index in [9.17, 15) is 12.8 Å². The van der Waals surface area contributed by atoms with Gasteiger partial charge < -0.3 is 4.98 Å². The number of aryl methyl sites for hydroxylation is 1. The van der Waals surface area contributed by atoms with Crippen molar-refractivity contribution in [3.8, 4) is 0 Å². The predicted octanol–water partition coefficient (Wildman–Crippen LogP) is 1.57. The highest BCUT2D eigenvalue weighted by Gasteiger charge is 2.14. The molecule has 1 aromatic heterocycles. The fourth-order valence-corrected chi connectivity index (χ4v) is 2.07. The molecular weight excluding hydrogens is 219 g/mol. The molecule has 1 N–H and O–H groups in total. The van der Waals surface area contributed by atoms with Gasteiger partial charge in [-0.25, -0.2) is 17.8 Å². The van der Waals surface area contributed by atoms with Gasteiger partial charge in [-0.2, -0.15) is 0 Å². The Morgan fingerprint density at radius 3 is 2.87 bits per heavy atom. The molecule has 0 aliphatic heterocycles. The minimum absolute atomic E-state index is 0.0267. The van der Waals surface area contributed by atoms with Gasteiger partial charge in [-0.3, -0.25) is 0 Å². The summed E-state index contributed by atoms with van der Waals surface area (Å²) in [4.78, 5) is 6.99. The quantitative estimate of drug-likeness (QED) is 0.848. The van der Waals surface area contributed by atoms with Crippen LogP contribution in [0.4, 0.5) is 4.39 Å². The average molecular weight is 228 g/mol. The Hall–Kier alpha value is -1.43. The van der Waals surface area contributed by atoms with Gasteiger partial charge in [0.15, 0.2) is 6.01 Å². The summed E-state index contributed by atoms with van der Waals surface area (Å²) in [6, 6.07) is 2.93. The molecule has 2 aromatic rings. The zero-order valence-corrected chi connectivity index (χ0v) is 8.81. The first-order valence-electron chi connectivity index (χ1n) is 4.28. The van der Waals surface area contributed by atoms with Crippen LogP contribution >= 0.6 is 0 Å².